The number of rotatable bonds is 5. The fourth-order valence-corrected chi connectivity index (χ4v) is 3.21. The zero-order valence-corrected chi connectivity index (χ0v) is 16.7. The van der Waals surface area contributed by atoms with Gasteiger partial charge in [-0.1, -0.05) is 18.2 Å². The van der Waals surface area contributed by atoms with E-state index in [1.807, 2.05) is 19.9 Å². The Morgan fingerprint density at radius 3 is 2.43 bits per heavy atom. The minimum atomic E-state index is -5.12. The second-order valence-corrected chi connectivity index (χ2v) is 7.09. The summed E-state index contributed by atoms with van der Waals surface area (Å²) in [6, 6.07) is 11.4. The predicted molar refractivity (Wildman–Crippen MR) is 103 cm³/mol. The van der Waals surface area contributed by atoms with Gasteiger partial charge in [0.15, 0.2) is 6.61 Å². The third-order valence-electron chi connectivity index (χ3n) is 4.64. The molecule has 0 bridgehead atoms. The summed E-state index contributed by atoms with van der Waals surface area (Å²) in [5.41, 5.74) is -1.49. The molecule has 0 aliphatic carbocycles. The monoisotopic (exact) mass is 422 g/mol. The molecule has 0 fully saturated rings. The molecule has 0 spiro atoms. The Balaban J connectivity index is 1.87. The number of hydrogen-bond donors (Lipinski definition) is 1. The van der Waals surface area contributed by atoms with E-state index in [4.69, 9.17) is 9.47 Å². The first-order valence-corrected chi connectivity index (χ1v) is 9.08. The van der Waals surface area contributed by atoms with Gasteiger partial charge in [0.2, 0.25) is 0 Å². The minimum Gasteiger partial charge on any atom is -0.497 e. The number of aliphatic hydroxyl groups is 1. The Labute approximate surface area is 171 Å². The third-order valence-corrected chi connectivity index (χ3v) is 4.64. The summed E-state index contributed by atoms with van der Waals surface area (Å²) in [7, 11) is 1.42. The number of aryl methyl sites for hydroxylation is 2. The Hall–Kier alpha value is -3.07. The van der Waals surface area contributed by atoms with Gasteiger partial charge in [-0.2, -0.15) is 23.3 Å². The average Bonchev–Trinajstić information content (AvgIpc) is 3.04. The number of carbonyl (C=O) groups is 1. The van der Waals surface area contributed by atoms with E-state index in [-0.39, 0.29) is 10.7 Å². The van der Waals surface area contributed by atoms with E-state index in [9.17, 15) is 23.1 Å². The standard InChI is InChI=1S/C21H21F3N2O4/c1-13-7-14(2)9-17(8-13)30-12-19(27)26-20(28,21(22,23)24)11-18(25-26)15-5-4-6-16(10-15)29-3/h4-10,28H,11-12H2,1-3H3. The summed E-state index contributed by atoms with van der Waals surface area (Å²) in [4.78, 5) is 12.6. The number of alkyl halides is 3. The summed E-state index contributed by atoms with van der Waals surface area (Å²) in [5.74, 6) is -0.367. The molecule has 2 aromatic carbocycles. The van der Waals surface area contributed by atoms with Crippen molar-refractivity contribution in [2.45, 2.75) is 32.2 Å². The molecule has 2 aromatic rings. The Morgan fingerprint density at radius 2 is 1.83 bits per heavy atom. The highest BCUT2D eigenvalue weighted by Crippen LogP contribution is 2.41. The Bertz CT molecular complexity index is 970. The van der Waals surface area contributed by atoms with Crippen molar-refractivity contribution < 1.29 is 32.5 Å². The topological polar surface area (TPSA) is 71.4 Å². The van der Waals surface area contributed by atoms with Crippen molar-refractivity contribution in [3.63, 3.8) is 0 Å². The van der Waals surface area contributed by atoms with Crippen LogP contribution in [0.25, 0.3) is 0 Å². The van der Waals surface area contributed by atoms with Gasteiger partial charge in [0.05, 0.1) is 19.2 Å². The molecule has 160 valence electrons. The van der Waals surface area contributed by atoms with E-state index >= 15 is 0 Å². The quantitative estimate of drug-likeness (QED) is 0.800. The summed E-state index contributed by atoms with van der Waals surface area (Å²) >= 11 is 0. The zero-order chi connectivity index (χ0) is 22.1. The maximum Gasteiger partial charge on any atom is 0.438 e. The van der Waals surface area contributed by atoms with Crippen molar-refractivity contribution in [3.8, 4) is 11.5 Å². The van der Waals surface area contributed by atoms with Crippen molar-refractivity contribution in [3.05, 3.63) is 59.2 Å². The zero-order valence-electron chi connectivity index (χ0n) is 16.7. The Kier molecular flexibility index (Phi) is 5.76. The van der Waals surface area contributed by atoms with E-state index in [0.717, 1.165) is 11.1 Å². The molecule has 9 heteroatoms. The molecule has 0 radical (unpaired) electrons. The lowest BCUT2D eigenvalue weighted by molar-refractivity contribution is -0.302. The van der Waals surface area contributed by atoms with Crippen LogP contribution in [0.3, 0.4) is 0 Å². The van der Waals surface area contributed by atoms with Gasteiger partial charge in [-0.05, 0) is 49.2 Å². The summed E-state index contributed by atoms with van der Waals surface area (Å²) in [5, 5.41) is 14.2. The molecule has 1 aliphatic rings. The fraction of sp³-hybridized carbons (Fsp3) is 0.333. The first kappa shape index (κ1) is 21.6. The average molecular weight is 422 g/mol. The third kappa shape index (κ3) is 4.25. The lowest BCUT2D eigenvalue weighted by atomic mass is 10.0. The van der Waals surface area contributed by atoms with Gasteiger partial charge in [0, 0.05) is 5.56 Å². The largest absolute Gasteiger partial charge is 0.497 e. The summed E-state index contributed by atoms with van der Waals surface area (Å²) in [6.07, 6.45) is -6.02. The van der Waals surface area contributed by atoms with E-state index in [1.54, 1.807) is 24.3 Å². The highest BCUT2D eigenvalue weighted by Gasteiger charge is 2.63. The first-order chi connectivity index (χ1) is 14.0. The van der Waals surface area contributed by atoms with Crippen LogP contribution in [0, 0.1) is 13.8 Å². The predicted octanol–water partition coefficient (Wildman–Crippen LogP) is 3.58. The molecule has 1 amide bonds. The number of carbonyl (C=O) groups excluding carboxylic acids is 1. The van der Waals surface area contributed by atoms with Crippen molar-refractivity contribution >= 4 is 11.6 Å². The van der Waals surface area contributed by atoms with Gasteiger partial charge in [0.1, 0.15) is 11.5 Å². The van der Waals surface area contributed by atoms with E-state index in [2.05, 4.69) is 5.10 Å². The summed E-state index contributed by atoms with van der Waals surface area (Å²) in [6.45, 7) is 2.95. The number of ether oxygens (including phenoxy) is 2. The van der Waals surface area contributed by atoms with Crippen LogP contribution in [0.2, 0.25) is 0 Å². The van der Waals surface area contributed by atoms with Crippen LogP contribution in [0.1, 0.15) is 23.1 Å². The molecule has 3 rings (SSSR count). The van der Waals surface area contributed by atoms with Gasteiger partial charge in [0.25, 0.3) is 11.6 Å². The van der Waals surface area contributed by atoms with Crippen LogP contribution in [0.5, 0.6) is 11.5 Å². The number of benzene rings is 2. The number of hydrogen-bond acceptors (Lipinski definition) is 5. The lowest BCUT2D eigenvalue weighted by Crippen LogP contribution is -2.57. The van der Waals surface area contributed by atoms with Crippen LogP contribution in [-0.4, -0.2) is 47.4 Å². The molecule has 1 atom stereocenters. The minimum absolute atomic E-state index is 0.0600. The molecular formula is C21H21F3N2O4. The Morgan fingerprint density at radius 1 is 1.17 bits per heavy atom. The first-order valence-electron chi connectivity index (χ1n) is 9.08. The highest BCUT2D eigenvalue weighted by atomic mass is 19.4. The molecule has 30 heavy (non-hydrogen) atoms. The van der Waals surface area contributed by atoms with Gasteiger partial charge >= 0.3 is 6.18 Å². The van der Waals surface area contributed by atoms with Crippen molar-refractivity contribution in [1.82, 2.24) is 5.01 Å². The molecule has 0 aromatic heterocycles. The molecular weight excluding hydrogens is 401 g/mol. The van der Waals surface area contributed by atoms with Gasteiger partial charge in [-0.3, -0.25) is 4.79 Å². The van der Waals surface area contributed by atoms with Crippen LogP contribution >= 0.6 is 0 Å². The number of methoxy groups -OCH3 is 1. The highest BCUT2D eigenvalue weighted by molar-refractivity contribution is 6.03. The molecule has 1 aliphatic heterocycles. The van der Waals surface area contributed by atoms with Gasteiger partial charge in [-0.25, -0.2) is 0 Å². The van der Waals surface area contributed by atoms with Crippen molar-refractivity contribution in [1.29, 1.82) is 0 Å². The molecule has 1 heterocycles. The second kappa shape index (κ2) is 7.98. The lowest BCUT2D eigenvalue weighted by Gasteiger charge is -2.32. The van der Waals surface area contributed by atoms with Crippen molar-refractivity contribution in [2.24, 2.45) is 5.10 Å². The van der Waals surface area contributed by atoms with Gasteiger partial charge in [-0.15, -0.1) is 0 Å². The van der Waals surface area contributed by atoms with Crippen LogP contribution < -0.4 is 9.47 Å². The van der Waals surface area contributed by atoms with Crippen LogP contribution in [0.4, 0.5) is 13.2 Å². The van der Waals surface area contributed by atoms with Gasteiger partial charge < -0.3 is 14.6 Å². The normalized spacial score (nSPS) is 18.9. The number of hydrazone groups is 1. The maximum atomic E-state index is 13.7. The fourth-order valence-electron chi connectivity index (χ4n) is 3.21. The molecule has 1 N–H and O–H groups in total. The molecule has 0 saturated heterocycles. The number of nitrogens with zero attached hydrogens (tertiary/aromatic N) is 2. The molecule has 6 nitrogen and oxygen atoms in total. The van der Waals surface area contributed by atoms with E-state index in [1.165, 1.54) is 19.2 Å². The summed E-state index contributed by atoms with van der Waals surface area (Å²) < 4.78 is 51.5. The smallest absolute Gasteiger partial charge is 0.438 e. The molecule has 0 saturated carbocycles. The van der Waals surface area contributed by atoms with E-state index in [0.29, 0.717) is 17.1 Å². The molecule has 1 unspecified atom stereocenters. The van der Waals surface area contributed by atoms with E-state index < -0.39 is 30.8 Å². The second-order valence-electron chi connectivity index (χ2n) is 7.09. The van der Waals surface area contributed by atoms with Crippen molar-refractivity contribution in [2.75, 3.05) is 13.7 Å². The number of halogens is 3. The maximum absolute atomic E-state index is 13.7. The van der Waals surface area contributed by atoms with Crippen LogP contribution in [0.15, 0.2) is 47.6 Å². The SMILES string of the molecule is COc1cccc(C2=NN(C(=O)COc3cc(C)cc(C)c3)C(O)(C(F)(F)F)C2)c1. The number of amides is 1. The van der Waals surface area contributed by atoms with Crippen LogP contribution in [-0.2, 0) is 4.79 Å².